The van der Waals surface area contributed by atoms with Crippen LogP contribution in [-0.2, 0) is 9.59 Å². The number of halogens is 1. The largest absolute Gasteiger partial charge is 0.292 e. The summed E-state index contributed by atoms with van der Waals surface area (Å²) in [5.41, 5.74) is 0.401. The lowest BCUT2D eigenvalue weighted by atomic mass is 10.1. The van der Waals surface area contributed by atoms with Crippen molar-refractivity contribution in [1.82, 2.24) is 5.32 Å². The summed E-state index contributed by atoms with van der Waals surface area (Å²) in [5.74, 6) is -1.02. The molecule has 1 N–H and O–H groups in total. The van der Waals surface area contributed by atoms with Crippen molar-refractivity contribution in [3.05, 3.63) is 9.39 Å². The van der Waals surface area contributed by atoms with E-state index < -0.39 is 5.92 Å². The van der Waals surface area contributed by atoms with E-state index in [1.165, 1.54) is 0 Å². The highest BCUT2D eigenvalue weighted by Gasteiger charge is 2.33. The van der Waals surface area contributed by atoms with Gasteiger partial charge in [-0.2, -0.15) is 0 Å². The number of hydrogen-bond donors (Lipinski definition) is 2. The summed E-state index contributed by atoms with van der Waals surface area (Å²) in [5, 5.41) is 2.18. The third kappa shape index (κ3) is 1.49. The maximum absolute atomic E-state index is 11.0. The highest BCUT2D eigenvalue weighted by atomic mass is 79.9. The summed E-state index contributed by atoms with van der Waals surface area (Å²) in [6.07, 6.45) is 0. The molecule has 5 heteroatoms. The van der Waals surface area contributed by atoms with E-state index in [0.29, 0.717) is 9.39 Å². The van der Waals surface area contributed by atoms with E-state index in [1.807, 2.05) is 0 Å². The lowest BCUT2D eigenvalue weighted by Crippen LogP contribution is -2.21. The molecule has 1 aliphatic rings. The van der Waals surface area contributed by atoms with Crippen LogP contribution in [-0.4, -0.2) is 11.8 Å². The molecule has 11 heavy (non-hydrogen) atoms. The summed E-state index contributed by atoms with van der Waals surface area (Å²) >= 11 is 6.98. The maximum Gasteiger partial charge on any atom is 0.256 e. The molecule has 0 aliphatic carbocycles. The van der Waals surface area contributed by atoms with E-state index in [-0.39, 0.29) is 11.8 Å². The van der Waals surface area contributed by atoms with Gasteiger partial charge in [0.25, 0.3) is 5.91 Å². The van der Waals surface area contributed by atoms with Crippen LogP contribution in [0, 0.1) is 5.92 Å². The Morgan fingerprint density at radius 1 is 1.64 bits per heavy atom. The molecule has 0 bridgehead atoms. The Labute approximate surface area is 77.8 Å². The second kappa shape index (κ2) is 2.98. The predicted octanol–water partition coefficient (Wildman–Crippen LogP) is 0.815. The fourth-order valence-corrected chi connectivity index (χ4v) is 1.71. The van der Waals surface area contributed by atoms with Crippen LogP contribution in [0.4, 0.5) is 0 Å². The van der Waals surface area contributed by atoms with Gasteiger partial charge in [-0.15, -0.1) is 12.6 Å². The molecule has 60 valence electrons. The molecule has 0 radical (unpaired) electrons. The molecule has 2 amide bonds. The highest BCUT2D eigenvalue weighted by Crippen LogP contribution is 2.26. The first-order chi connectivity index (χ1) is 5.04. The summed E-state index contributed by atoms with van der Waals surface area (Å²) in [6.45, 7) is 1.66. The van der Waals surface area contributed by atoms with E-state index in [0.717, 1.165) is 0 Å². The molecule has 0 aromatic heterocycles. The zero-order valence-electron chi connectivity index (χ0n) is 5.72. The van der Waals surface area contributed by atoms with Crippen molar-refractivity contribution < 1.29 is 9.59 Å². The Morgan fingerprint density at radius 2 is 2.18 bits per heavy atom. The Bertz CT molecular complexity index is 257. The number of carbonyl (C=O) groups is 2. The number of amides is 2. The highest BCUT2D eigenvalue weighted by molar-refractivity contribution is 9.13. The van der Waals surface area contributed by atoms with E-state index >= 15 is 0 Å². The first-order valence-corrected chi connectivity index (χ1v) is 4.22. The maximum atomic E-state index is 11.0. The minimum absolute atomic E-state index is 0.268. The van der Waals surface area contributed by atoms with Crippen LogP contribution >= 0.6 is 28.6 Å². The Hall–Kier alpha value is -0.290. The van der Waals surface area contributed by atoms with Gasteiger partial charge >= 0.3 is 0 Å². The predicted molar refractivity (Wildman–Crippen MR) is 47.3 cm³/mol. The van der Waals surface area contributed by atoms with Crippen molar-refractivity contribution in [2.45, 2.75) is 6.92 Å². The van der Waals surface area contributed by atoms with Gasteiger partial charge in [0.05, 0.1) is 9.73 Å². The quantitative estimate of drug-likeness (QED) is 0.371. The number of hydrogen-bond acceptors (Lipinski definition) is 3. The summed E-state index contributed by atoms with van der Waals surface area (Å²) < 4.78 is 0.424. The topological polar surface area (TPSA) is 46.2 Å². The van der Waals surface area contributed by atoms with Gasteiger partial charge in [0.2, 0.25) is 5.91 Å². The van der Waals surface area contributed by atoms with E-state index in [9.17, 15) is 9.59 Å². The molecule has 1 unspecified atom stereocenters. The van der Waals surface area contributed by atoms with Crippen molar-refractivity contribution in [2.75, 3.05) is 0 Å². The average Bonchev–Trinajstić information content (AvgIpc) is 2.07. The number of carbonyl (C=O) groups excluding carboxylic acids is 2. The second-order valence-electron chi connectivity index (χ2n) is 2.24. The molecule has 1 heterocycles. The summed E-state index contributed by atoms with van der Waals surface area (Å²) in [4.78, 5) is 21.8. The standard InChI is InChI=1S/C6H6BrNO2S/c1-2-3(4(7)11)6(10)8-5(2)9/h2,11H,1H3,(H,8,9,10)/b4-3+. The molecule has 0 aromatic rings. The van der Waals surface area contributed by atoms with Gasteiger partial charge in [-0.1, -0.05) is 0 Å². The zero-order chi connectivity index (χ0) is 8.59. The van der Waals surface area contributed by atoms with Crippen molar-refractivity contribution in [1.29, 1.82) is 0 Å². The number of rotatable bonds is 0. The molecular formula is C6H6BrNO2S. The second-order valence-corrected chi connectivity index (χ2v) is 4.10. The lowest BCUT2D eigenvalue weighted by molar-refractivity contribution is -0.125. The third-order valence-corrected chi connectivity index (χ3v) is 2.20. The first kappa shape index (κ1) is 8.80. The fourth-order valence-electron chi connectivity index (χ4n) is 0.888. The molecular weight excluding hydrogens is 230 g/mol. The Morgan fingerprint density at radius 3 is 2.36 bits per heavy atom. The van der Waals surface area contributed by atoms with Gasteiger partial charge < -0.3 is 0 Å². The third-order valence-electron chi connectivity index (χ3n) is 1.53. The van der Waals surface area contributed by atoms with Gasteiger partial charge in [-0.25, -0.2) is 0 Å². The van der Waals surface area contributed by atoms with Crippen LogP contribution in [0.3, 0.4) is 0 Å². The minimum Gasteiger partial charge on any atom is -0.292 e. The molecule has 0 spiro atoms. The van der Waals surface area contributed by atoms with E-state index in [2.05, 4.69) is 33.9 Å². The van der Waals surface area contributed by atoms with Crippen molar-refractivity contribution in [3.63, 3.8) is 0 Å². The molecule has 0 aromatic carbocycles. The van der Waals surface area contributed by atoms with E-state index in [1.54, 1.807) is 6.92 Å². The summed E-state index contributed by atoms with van der Waals surface area (Å²) in [7, 11) is 0. The van der Waals surface area contributed by atoms with Crippen LogP contribution in [0.5, 0.6) is 0 Å². The molecule has 1 atom stereocenters. The van der Waals surface area contributed by atoms with Gasteiger partial charge in [-0.3, -0.25) is 14.9 Å². The average molecular weight is 236 g/mol. The van der Waals surface area contributed by atoms with Crippen LogP contribution < -0.4 is 5.32 Å². The van der Waals surface area contributed by atoms with Crippen LogP contribution in [0.1, 0.15) is 6.92 Å². The SMILES string of the molecule is CC1C(=O)NC(=O)/C1=C(/S)Br. The molecule has 1 saturated heterocycles. The lowest BCUT2D eigenvalue weighted by Gasteiger charge is -1.98. The molecule has 1 rings (SSSR count). The Kier molecular flexibility index (Phi) is 2.39. The van der Waals surface area contributed by atoms with Gasteiger partial charge in [0.15, 0.2) is 0 Å². The van der Waals surface area contributed by atoms with Gasteiger partial charge in [0, 0.05) is 5.57 Å². The first-order valence-electron chi connectivity index (χ1n) is 2.98. The molecule has 1 fully saturated rings. The normalized spacial score (nSPS) is 28.8. The van der Waals surface area contributed by atoms with E-state index in [4.69, 9.17) is 0 Å². The van der Waals surface area contributed by atoms with Crippen LogP contribution in [0.15, 0.2) is 9.39 Å². The zero-order valence-corrected chi connectivity index (χ0v) is 8.20. The number of nitrogens with one attached hydrogen (secondary N) is 1. The molecule has 0 saturated carbocycles. The molecule has 3 nitrogen and oxygen atoms in total. The van der Waals surface area contributed by atoms with Crippen LogP contribution in [0.2, 0.25) is 0 Å². The fraction of sp³-hybridized carbons (Fsp3) is 0.333. The van der Waals surface area contributed by atoms with Crippen LogP contribution in [0.25, 0.3) is 0 Å². The smallest absolute Gasteiger partial charge is 0.256 e. The minimum atomic E-state index is -0.394. The van der Waals surface area contributed by atoms with Crippen molar-refractivity contribution >= 4 is 40.4 Å². The van der Waals surface area contributed by atoms with Crippen molar-refractivity contribution in [2.24, 2.45) is 5.92 Å². The van der Waals surface area contributed by atoms with Crippen molar-refractivity contribution in [3.8, 4) is 0 Å². The monoisotopic (exact) mass is 235 g/mol. The molecule has 1 aliphatic heterocycles. The Balaban J connectivity index is 3.08. The van der Waals surface area contributed by atoms with Gasteiger partial charge in [-0.05, 0) is 22.9 Å². The number of imide groups is 1. The summed E-state index contributed by atoms with van der Waals surface area (Å²) in [6, 6.07) is 0. The van der Waals surface area contributed by atoms with Gasteiger partial charge in [0.1, 0.15) is 0 Å². The number of thiol groups is 1.